The third kappa shape index (κ3) is 1.98. The number of aromatic nitrogens is 2. The second kappa shape index (κ2) is 3.84. The largest absolute Gasteiger partial charge is 0.339 e. The van der Waals surface area contributed by atoms with Crippen LogP contribution in [-0.4, -0.2) is 23.2 Å². The maximum absolute atomic E-state index is 5.43. The van der Waals surface area contributed by atoms with Crippen molar-refractivity contribution in [1.29, 1.82) is 0 Å². The van der Waals surface area contributed by atoms with Gasteiger partial charge in [-0.2, -0.15) is 4.98 Å². The highest BCUT2D eigenvalue weighted by Crippen LogP contribution is 2.33. The van der Waals surface area contributed by atoms with E-state index in [2.05, 4.69) is 22.4 Å². The maximum Gasteiger partial charge on any atom is 0.233 e. The van der Waals surface area contributed by atoms with Gasteiger partial charge in [-0.15, -0.1) is 0 Å². The summed E-state index contributed by atoms with van der Waals surface area (Å²) in [6, 6.07) is 0. The topological polar surface area (TPSA) is 51.0 Å². The molecule has 0 radical (unpaired) electrons. The summed E-state index contributed by atoms with van der Waals surface area (Å²) in [7, 11) is 0. The molecule has 1 aromatic rings. The van der Waals surface area contributed by atoms with Gasteiger partial charge in [-0.3, -0.25) is 0 Å². The minimum Gasteiger partial charge on any atom is -0.339 e. The van der Waals surface area contributed by atoms with Gasteiger partial charge in [-0.05, 0) is 45.1 Å². The Morgan fingerprint density at radius 3 is 3.06 bits per heavy atom. The Hall–Kier alpha value is -0.900. The monoisotopic (exact) mass is 221 g/mol. The molecule has 1 atom stereocenters. The summed E-state index contributed by atoms with van der Waals surface area (Å²) in [6.45, 7) is 4.28. The Balaban J connectivity index is 1.74. The first-order valence-corrected chi connectivity index (χ1v) is 6.30. The highest BCUT2D eigenvalue weighted by molar-refractivity contribution is 5.06. The van der Waals surface area contributed by atoms with Gasteiger partial charge in [-0.1, -0.05) is 5.16 Å². The first-order valence-electron chi connectivity index (χ1n) is 6.30. The molecule has 2 fully saturated rings. The highest BCUT2D eigenvalue weighted by Gasteiger charge is 2.35. The number of rotatable bonds is 3. The molecular formula is C12H19N3O. The molecule has 1 aliphatic heterocycles. The lowest BCUT2D eigenvalue weighted by Gasteiger charge is -2.30. The maximum atomic E-state index is 5.43. The van der Waals surface area contributed by atoms with E-state index in [0.29, 0.717) is 0 Å². The molecule has 4 heteroatoms. The fourth-order valence-corrected chi connectivity index (χ4v) is 2.40. The molecule has 1 N–H and O–H groups in total. The Labute approximate surface area is 95.8 Å². The van der Waals surface area contributed by atoms with Crippen LogP contribution in [0.1, 0.15) is 44.3 Å². The summed E-state index contributed by atoms with van der Waals surface area (Å²) in [6.07, 6.45) is 6.01. The van der Waals surface area contributed by atoms with Crippen molar-refractivity contribution in [1.82, 2.24) is 15.5 Å². The van der Waals surface area contributed by atoms with Gasteiger partial charge in [-0.25, -0.2) is 0 Å². The Bertz CT molecular complexity index is 364. The smallest absolute Gasteiger partial charge is 0.233 e. The van der Waals surface area contributed by atoms with E-state index in [-0.39, 0.29) is 5.41 Å². The number of hydrogen-bond acceptors (Lipinski definition) is 4. The number of piperidine rings is 1. The minimum absolute atomic E-state index is 0.0487. The first kappa shape index (κ1) is 10.3. The summed E-state index contributed by atoms with van der Waals surface area (Å²) >= 11 is 0. The van der Waals surface area contributed by atoms with E-state index in [4.69, 9.17) is 4.52 Å². The molecule has 0 amide bonds. The number of nitrogens with one attached hydrogen (secondary N) is 1. The van der Waals surface area contributed by atoms with Gasteiger partial charge in [0.1, 0.15) is 0 Å². The summed E-state index contributed by atoms with van der Waals surface area (Å²) in [4.78, 5) is 4.57. The van der Waals surface area contributed by atoms with E-state index >= 15 is 0 Å². The zero-order chi connectivity index (χ0) is 11.0. The van der Waals surface area contributed by atoms with Crippen LogP contribution in [0.25, 0.3) is 0 Å². The van der Waals surface area contributed by atoms with Crippen molar-refractivity contribution in [3.8, 4) is 0 Å². The van der Waals surface area contributed by atoms with Crippen LogP contribution in [0.4, 0.5) is 0 Å². The molecule has 88 valence electrons. The Morgan fingerprint density at radius 2 is 2.38 bits per heavy atom. The molecule has 0 spiro atoms. The minimum atomic E-state index is 0.0487. The second-order valence-corrected chi connectivity index (χ2v) is 5.50. The van der Waals surface area contributed by atoms with E-state index < -0.39 is 0 Å². The highest BCUT2D eigenvalue weighted by atomic mass is 16.5. The predicted octanol–water partition coefficient (Wildman–Crippen LogP) is 1.66. The van der Waals surface area contributed by atoms with Crippen LogP contribution in [0.2, 0.25) is 0 Å². The van der Waals surface area contributed by atoms with Gasteiger partial charge in [0.25, 0.3) is 0 Å². The molecule has 3 rings (SSSR count). The second-order valence-electron chi connectivity index (χ2n) is 5.50. The lowest BCUT2D eigenvalue weighted by atomic mass is 9.83. The fraction of sp³-hybridized carbons (Fsp3) is 0.833. The molecule has 0 bridgehead atoms. The van der Waals surface area contributed by atoms with Crippen molar-refractivity contribution in [2.24, 2.45) is 5.92 Å². The summed E-state index contributed by atoms with van der Waals surface area (Å²) in [5.74, 6) is 2.56. The van der Waals surface area contributed by atoms with E-state index in [9.17, 15) is 0 Å². The fourth-order valence-electron chi connectivity index (χ4n) is 2.40. The number of nitrogens with zero attached hydrogens (tertiary/aromatic N) is 2. The van der Waals surface area contributed by atoms with Crippen LogP contribution >= 0.6 is 0 Å². The van der Waals surface area contributed by atoms with Crippen LogP contribution in [-0.2, 0) is 11.8 Å². The molecular weight excluding hydrogens is 202 g/mol. The molecule has 2 aliphatic rings. The lowest BCUT2D eigenvalue weighted by Crippen LogP contribution is -2.41. The van der Waals surface area contributed by atoms with Crippen LogP contribution in [0.5, 0.6) is 0 Å². The number of hydrogen-bond donors (Lipinski definition) is 1. The van der Waals surface area contributed by atoms with Gasteiger partial charge >= 0.3 is 0 Å². The molecule has 1 saturated heterocycles. The molecule has 2 heterocycles. The summed E-state index contributed by atoms with van der Waals surface area (Å²) < 4.78 is 5.43. The lowest BCUT2D eigenvalue weighted by molar-refractivity contribution is 0.244. The van der Waals surface area contributed by atoms with Crippen LogP contribution < -0.4 is 5.32 Å². The van der Waals surface area contributed by atoms with Crippen molar-refractivity contribution < 1.29 is 4.52 Å². The van der Waals surface area contributed by atoms with E-state index in [1.807, 2.05) is 0 Å². The summed E-state index contributed by atoms with van der Waals surface area (Å²) in [5, 5.41) is 7.51. The Morgan fingerprint density at radius 1 is 1.50 bits per heavy atom. The molecule has 4 nitrogen and oxygen atoms in total. The average molecular weight is 221 g/mol. The quantitative estimate of drug-likeness (QED) is 0.843. The van der Waals surface area contributed by atoms with Crippen molar-refractivity contribution >= 4 is 0 Å². The van der Waals surface area contributed by atoms with Gasteiger partial charge in [0.2, 0.25) is 5.89 Å². The zero-order valence-corrected chi connectivity index (χ0v) is 9.83. The summed E-state index contributed by atoms with van der Waals surface area (Å²) in [5.41, 5.74) is 0.0487. The molecule has 16 heavy (non-hydrogen) atoms. The van der Waals surface area contributed by atoms with Gasteiger partial charge in [0.05, 0.1) is 5.41 Å². The average Bonchev–Trinajstić information content (AvgIpc) is 2.95. The van der Waals surface area contributed by atoms with Crippen LogP contribution in [0.15, 0.2) is 4.52 Å². The third-order valence-electron chi connectivity index (χ3n) is 3.75. The van der Waals surface area contributed by atoms with Crippen molar-refractivity contribution in [2.75, 3.05) is 13.1 Å². The molecule has 1 unspecified atom stereocenters. The SMILES string of the molecule is CC1(c2nc(CC3CC3)no2)CCCNC1. The zero-order valence-electron chi connectivity index (χ0n) is 9.83. The molecule has 1 saturated carbocycles. The molecule has 1 aliphatic carbocycles. The van der Waals surface area contributed by atoms with Crippen LogP contribution in [0.3, 0.4) is 0 Å². The molecule has 1 aromatic heterocycles. The van der Waals surface area contributed by atoms with E-state index in [1.54, 1.807) is 0 Å². The first-order chi connectivity index (χ1) is 7.76. The van der Waals surface area contributed by atoms with Gasteiger partial charge in [0, 0.05) is 13.0 Å². The van der Waals surface area contributed by atoms with Gasteiger partial charge in [0.15, 0.2) is 5.82 Å². The standard InChI is InChI=1S/C12H19N3O/c1-12(5-2-6-13-8-12)11-14-10(15-16-11)7-9-3-4-9/h9,13H,2-8H2,1H3. The van der Waals surface area contributed by atoms with Crippen molar-refractivity contribution in [2.45, 2.75) is 44.4 Å². The normalized spacial score (nSPS) is 30.6. The van der Waals surface area contributed by atoms with Gasteiger partial charge < -0.3 is 9.84 Å². The van der Waals surface area contributed by atoms with Crippen LogP contribution in [0, 0.1) is 5.92 Å². The molecule has 0 aromatic carbocycles. The predicted molar refractivity (Wildman–Crippen MR) is 60.2 cm³/mol. The van der Waals surface area contributed by atoms with Crippen molar-refractivity contribution in [3.05, 3.63) is 11.7 Å². The Kier molecular flexibility index (Phi) is 2.46. The third-order valence-corrected chi connectivity index (χ3v) is 3.75. The van der Waals surface area contributed by atoms with Crippen molar-refractivity contribution in [3.63, 3.8) is 0 Å². The van der Waals surface area contributed by atoms with E-state index in [1.165, 1.54) is 19.3 Å². The van der Waals surface area contributed by atoms with E-state index in [0.717, 1.165) is 43.6 Å².